The number of hydrogen-bond acceptors (Lipinski definition) is 4. The lowest BCUT2D eigenvalue weighted by Gasteiger charge is -2.10. The van der Waals surface area contributed by atoms with E-state index in [1.807, 2.05) is 0 Å². The summed E-state index contributed by atoms with van der Waals surface area (Å²) >= 11 is 8.12. The molecular formula is C11H11BrN4O2S2. The zero-order valence-corrected chi connectivity index (χ0v) is 13.6. The van der Waals surface area contributed by atoms with Gasteiger partial charge < -0.3 is 5.73 Å². The summed E-state index contributed by atoms with van der Waals surface area (Å²) in [6.07, 6.45) is 1.42. The fraction of sp³-hybridized carbons (Fsp3) is 0.0909. The Hall–Kier alpha value is -1.45. The summed E-state index contributed by atoms with van der Waals surface area (Å²) < 4.78 is 29.2. The lowest BCUT2D eigenvalue weighted by Crippen LogP contribution is -2.19. The van der Waals surface area contributed by atoms with Gasteiger partial charge in [-0.1, -0.05) is 28.1 Å². The number of rotatable bonds is 4. The molecule has 0 aliphatic heterocycles. The van der Waals surface area contributed by atoms with Crippen LogP contribution in [0.5, 0.6) is 0 Å². The zero-order valence-electron chi connectivity index (χ0n) is 10.4. The van der Waals surface area contributed by atoms with Gasteiger partial charge in [-0.05, 0) is 24.3 Å². The molecule has 1 aromatic heterocycles. The lowest BCUT2D eigenvalue weighted by molar-refractivity contribution is 0.600. The number of benzene rings is 1. The van der Waals surface area contributed by atoms with Gasteiger partial charge in [0.1, 0.15) is 10.8 Å². The van der Waals surface area contributed by atoms with Crippen LogP contribution in [0.1, 0.15) is 5.56 Å². The number of nitrogens with two attached hydrogens (primary N) is 1. The van der Waals surface area contributed by atoms with Crippen molar-refractivity contribution in [2.45, 2.75) is 4.90 Å². The molecule has 6 nitrogen and oxygen atoms in total. The Balaban J connectivity index is 2.41. The Morgan fingerprint density at radius 3 is 2.55 bits per heavy atom. The summed E-state index contributed by atoms with van der Waals surface area (Å²) in [7, 11) is -2.13. The second-order valence-corrected chi connectivity index (χ2v) is 6.99. The van der Waals surface area contributed by atoms with Gasteiger partial charge in [0.05, 0.1) is 16.7 Å². The van der Waals surface area contributed by atoms with Crippen LogP contribution in [0, 0.1) is 0 Å². The number of nitrogens with zero attached hydrogens (tertiary/aromatic N) is 2. The molecule has 0 atom stereocenters. The molecule has 0 bridgehead atoms. The topological polar surface area (TPSA) is 90.0 Å². The number of hydrogen-bond donors (Lipinski definition) is 2. The van der Waals surface area contributed by atoms with Gasteiger partial charge in [0.2, 0.25) is 0 Å². The molecule has 0 radical (unpaired) electrons. The summed E-state index contributed by atoms with van der Waals surface area (Å²) in [5, 5.41) is 3.94. The number of halogens is 1. The van der Waals surface area contributed by atoms with E-state index in [9.17, 15) is 8.42 Å². The number of aromatic nitrogens is 2. The maximum absolute atomic E-state index is 12.3. The molecule has 1 heterocycles. The van der Waals surface area contributed by atoms with Crippen LogP contribution >= 0.6 is 28.1 Å². The first kappa shape index (κ1) is 14.9. The van der Waals surface area contributed by atoms with Crippen LogP contribution in [0.2, 0.25) is 0 Å². The molecule has 1 aromatic carbocycles. The molecule has 106 valence electrons. The van der Waals surface area contributed by atoms with Crippen molar-refractivity contribution in [3.63, 3.8) is 0 Å². The second kappa shape index (κ2) is 5.51. The van der Waals surface area contributed by atoms with Gasteiger partial charge >= 0.3 is 0 Å². The molecule has 20 heavy (non-hydrogen) atoms. The highest BCUT2D eigenvalue weighted by Crippen LogP contribution is 2.20. The molecular weight excluding hydrogens is 364 g/mol. The molecule has 0 aliphatic carbocycles. The zero-order chi connectivity index (χ0) is 14.9. The predicted octanol–water partition coefficient (Wildman–Crippen LogP) is 1.62. The van der Waals surface area contributed by atoms with E-state index in [0.29, 0.717) is 5.56 Å². The Morgan fingerprint density at radius 2 is 2.00 bits per heavy atom. The number of aryl methyl sites for hydroxylation is 1. The van der Waals surface area contributed by atoms with E-state index < -0.39 is 10.0 Å². The number of anilines is 1. The van der Waals surface area contributed by atoms with Gasteiger partial charge in [0.15, 0.2) is 0 Å². The number of nitrogens with one attached hydrogen (secondary N) is 1. The van der Waals surface area contributed by atoms with Crippen molar-refractivity contribution in [2.24, 2.45) is 12.8 Å². The smallest absolute Gasteiger partial charge is 0.263 e. The lowest BCUT2D eigenvalue weighted by atomic mass is 10.3. The van der Waals surface area contributed by atoms with Crippen molar-refractivity contribution >= 4 is 49.0 Å². The van der Waals surface area contributed by atoms with Gasteiger partial charge in [0.25, 0.3) is 10.0 Å². The maximum Gasteiger partial charge on any atom is 0.263 e. The van der Waals surface area contributed by atoms with Crippen LogP contribution in [0.15, 0.2) is 39.8 Å². The van der Waals surface area contributed by atoms with E-state index in [-0.39, 0.29) is 15.7 Å². The number of sulfonamides is 1. The fourth-order valence-corrected chi connectivity index (χ4v) is 3.06. The third kappa shape index (κ3) is 3.00. The maximum atomic E-state index is 12.3. The van der Waals surface area contributed by atoms with E-state index in [1.54, 1.807) is 19.2 Å². The molecule has 0 unspecified atom stereocenters. The SMILES string of the molecule is Cn1ncc(C(N)=S)c1NS(=O)(=O)c1ccc(Br)cc1. The number of thiocarbonyl (C=S) groups is 1. The highest BCUT2D eigenvalue weighted by atomic mass is 79.9. The minimum absolute atomic E-state index is 0.0756. The van der Waals surface area contributed by atoms with Gasteiger partial charge in [-0.3, -0.25) is 9.40 Å². The van der Waals surface area contributed by atoms with E-state index in [0.717, 1.165) is 4.47 Å². The first-order valence-electron chi connectivity index (χ1n) is 5.41. The molecule has 0 aliphatic rings. The van der Waals surface area contributed by atoms with Crippen LogP contribution < -0.4 is 10.5 Å². The fourth-order valence-electron chi connectivity index (χ4n) is 1.54. The molecule has 2 aromatic rings. The monoisotopic (exact) mass is 374 g/mol. The molecule has 0 spiro atoms. The predicted molar refractivity (Wildman–Crippen MR) is 84.0 cm³/mol. The third-order valence-corrected chi connectivity index (χ3v) is 4.66. The average molecular weight is 375 g/mol. The summed E-state index contributed by atoms with van der Waals surface area (Å²) in [5.74, 6) is 0.236. The summed E-state index contributed by atoms with van der Waals surface area (Å²) in [5.41, 5.74) is 5.92. The highest BCUT2D eigenvalue weighted by molar-refractivity contribution is 9.10. The molecule has 9 heteroatoms. The van der Waals surface area contributed by atoms with Crippen molar-refractivity contribution < 1.29 is 8.42 Å². The van der Waals surface area contributed by atoms with Crippen LogP contribution in [0.25, 0.3) is 0 Å². The highest BCUT2D eigenvalue weighted by Gasteiger charge is 2.19. The van der Waals surface area contributed by atoms with Gasteiger partial charge in [0, 0.05) is 11.5 Å². The molecule has 0 saturated heterocycles. The Kier molecular flexibility index (Phi) is 4.11. The Labute approximate surface area is 130 Å². The third-order valence-electron chi connectivity index (χ3n) is 2.56. The largest absolute Gasteiger partial charge is 0.389 e. The molecule has 3 N–H and O–H groups in total. The van der Waals surface area contributed by atoms with E-state index >= 15 is 0 Å². The van der Waals surface area contributed by atoms with Gasteiger partial charge in [-0.15, -0.1) is 0 Å². The van der Waals surface area contributed by atoms with E-state index in [2.05, 4.69) is 25.8 Å². The van der Waals surface area contributed by atoms with Gasteiger partial charge in [-0.2, -0.15) is 5.10 Å². The first-order valence-corrected chi connectivity index (χ1v) is 8.10. The van der Waals surface area contributed by atoms with Gasteiger partial charge in [-0.25, -0.2) is 8.42 Å². The van der Waals surface area contributed by atoms with Crippen LogP contribution in [-0.2, 0) is 17.1 Å². The Bertz CT molecular complexity index is 753. The van der Waals surface area contributed by atoms with Crippen LogP contribution in [-0.4, -0.2) is 23.2 Å². The standard InChI is InChI=1S/C11H11BrN4O2S2/c1-16-11(9(6-14-16)10(13)19)15-20(17,18)8-4-2-7(12)3-5-8/h2-6,15H,1H3,(H2,13,19). The summed E-state index contributed by atoms with van der Waals surface area (Å²) in [6.45, 7) is 0. The quantitative estimate of drug-likeness (QED) is 0.793. The molecule has 0 amide bonds. The minimum atomic E-state index is -3.73. The molecule has 2 rings (SSSR count). The Morgan fingerprint density at radius 1 is 1.40 bits per heavy atom. The molecule has 0 saturated carbocycles. The van der Waals surface area contributed by atoms with Crippen molar-refractivity contribution in [1.82, 2.24) is 9.78 Å². The van der Waals surface area contributed by atoms with Crippen LogP contribution in [0.4, 0.5) is 5.82 Å². The second-order valence-electron chi connectivity index (χ2n) is 3.95. The van der Waals surface area contributed by atoms with Crippen molar-refractivity contribution in [3.05, 3.63) is 40.5 Å². The summed E-state index contributed by atoms with van der Waals surface area (Å²) in [6, 6.07) is 6.27. The minimum Gasteiger partial charge on any atom is -0.389 e. The normalized spacial score (nSPS) is 11.3. The van der Waals surface area contributed by atoms with E-state index in [1.165, 1.54) is 23.0 Å². The van der Waals surface area contributed by atoms with Crippen molar-refractivity contribution in [1.29, 1.82) is 0 Å². The average Bonchev–Trinajstić information content (AvgIpc) is 2.71. The first-order chi connectivity index (χ1) is 9.31. The van der Waals surface area contributed by atoms with Crippen molar-refractivity contribution in [3.8, 4) is 0 Å². The summed E-state index contributed by atoms with van der Waals surface area (Å²) in [4.78, 5) is 0.211. The van der Waals surface area contributed by atoms with Crippen LogP contribution in [0.3, 0.4) is 0 Å². The van der Waals surface area contributed by atoms with E-state index in [4.69, 9.17) is 18.0 Å². The van der Waals surface area contributed by atoms with Crippen molar-refractivity contribution in [2.75, 3.05) is 4.72 Å². The molecule has 0 fully saturated rings.